The predicted octanol–water partition coefficient (Wildman–Crippen LogP) is 5.81. The second-order valence-corrected chi connectivity index (χ2v) is 7.22. The van der Waals surface area contributed by atoms with Gasteiger partial charge in [-0.05, 0) is 19.3 Å². The zero-order chi connectivity index (χ0) is 22.4. The Hall–Kier alpha value is -2.31. The standard InChI is InChI=1S/C23H38O7/c1-5-8-11-14-28-19-17(23(25)26)18(24)20(27-4)22(30-16-13-10-7-3)21(19)29-15-12-9-6-2/h24H,5-16H2,1-4H3,(H,25,26). The summed E-state index contributed by atoms with van der Waals surface area (Å²) < 4.78 is 23.0. The van der Waals surface area contributed by atoms with Crippen molar-refractivity contribution in [2.45, 2.75) is 78.6 Å². The molecule has 0 unspecified atom stereocenters. The van der Waals surface area contributed by atoms with E-state index in [9.17, 15) is 15.0 Å². The molecular weight excluding hydrogens is 388 g/mol. The molecule has 0 fully saturated rings. The quantitative estimate of drug-likeness (QED) is 0.304. The van der Waals surface area contributed by atoms with Gasteiger partial charge in [0.2, 0.25) is 17.2 Å². The van der Waals surface area contributed by atoms with Crippen molar-refractivity contribution in [1.29, 1.82) is 0 Å². The van der Waals surface area contributed by atoms with Crippen LogP contribution in [0.15, 0.2) is 0 Å². The number of rotatable bonds is 17. The van der Waals surface area contributed by atoms with Crippen LogP contribution in [0.1, 0.15) is 88.9 Å². The van der Waals surface area contributed by atoms with E-state index in [1.165, 1.54) is 7.11 Å². The van der Waals surface area contributed by atoms with Crippen LogP contribution in [0.2, 0.25) is 0 Å². The number of ether oxygens (including phenoxy) is 4. The fourth-order valence-electron chi connectivity index (χ4n) is 3.01. The van der Waals surface area contributed by atoms with Crippen molar-refractivity contribution in [3.8, 4) is 28.7 Å². The number of unbranched alkanes of at least 4 members (excludes halogenated alkanes) is 6. The number of carboxylic acids is 1. The molecule has 0 bridgehead atoms. The third-order valence-corrected chi connectivity index (χ3v) is 4.70. The summed E-state index contributed by atoms with van der Waals surface area (Å²) in [6.45, 7) is 7.37. The third kappa shape index (κ3) is 7.50. The van der Waals surface area contributed by atoms with Gasteiger partial charge >= 0.3 is 5.97 Å². The van der Waals surface area contributed by atoms with Gasteiger partial charge in [-0.1, -0.05) is 59.3 Å². The Balaban J connectivity index is 3.39. The van der Waals surface area contributed by atoms with Crippen molar-refractivity contribution in [2.24, 2.45) is 0 Å². The Morgan fingerprint density at radius 1 is 0.700 bits per heavy atom. The lowest BCUT2D eigenvalue weighted by atomic mass is 10.1. The van der Waals surface area contributed by atoms with Crippen LogP contribution in [-0.4, -0.2) is 43.1 Å². The van der Waals surface area contributed by atoms with E-state index in [1.54, 1.807) is 0 Å². The largest absolute Gasteiger partial charge is 0.503 e. The molecule has 0 saturated heterocycles. The molecule has 1 aromatic rings. The Labute approximate surface area is 180 Å². The van der Waals surface area contributed by atoms with Crippen molar-refractivity contribution >= 4 is 5.97 Å². The first kappa shape index (κ1) is 25.7. The van der Waals surface area contributed by atoms with E-state index in [-0.39, 0.29) is 28.6 Å². The maximum absolute atomic E-state index is 11.9. The van der Waals surface area contributed by atoms with Gasteiger partial charge in [0.1, 0.15) is 0 Å². The second kappa shape index (κ2) is 14.6. The highest BCUT2D eigenvalue weighted by atomic mass is 16.6. The van der Waals surface area contributed by atoms with Crippen molar-refractivity contribution in [2.75, 3.05) is 26.9 Å². The smallest absolute Gasteiger partial charge is 0.343 e. The van der Waals surface area contributed by atoms with Gasteiger partial charge in [-0.3, -0.25) is 0 Å². The molecule has 7 heteroatoms. The lowest BCUT2D eigenvalue weighted by Gasteiger charge is -2.22. The van der Waals surface area contributed by atoms with E-state index < -0.39 is 11.7 Å². The molecule has 0 amide bonds. The molecule has 0 saturated carbocycles. The minimum atomic E-state index is -1.31. The minimum absolute atomic E-state index is 0.00102. The van der Waals surface area contributed by atoms with Gasteiger partial charge in [-0.15, -0.1) is 0 Å². The fourth-order valence-corrected chi connectivity index (χ4v) is 3.01. The van der Waals surface area contributed by atoms with Crippen LogP contribution < -0.4 is 18.9 Å². The van der Waals surface area contributed by atoms with E-state index in [0.29, 0.717) is 19.8 Å². The van der Waals surface area contributed by atoms with Gasteiger partial charge in [-0.25, -0.2) is 4.79 Å². The highest BCUT2D eigenvalue weighted by molar-refractivity contribution is 5.97. The zero-order valence-corrected chi connectivity index (χ0v) is 18.9. The fraction of sp³-hybridized carbons (Fsp3) is 0.696. The number of aromatic hydroxyl groups is 1. The monoisotopic (exact) mass is 426 g/mol. The number of carbonyl (C=O) groups is 1. The van der Waals surface area contributed by atoms with Crippen LogP contribution >= 0.6 is 0 Å². The average Bonchev–Trinajstić information content (AvgIpc) is 2.72. The predicted molar refractivity (Wildman–Crippen MR) is 117 cm³/mol. The number of carboxylic acid groups (broad SMARTS) is 1. The molecule has 7 nitrogen and oxygen atoms in total. The van der Waals surface area contributed by atoms with Gasteiger partial charge in [0.25, 0.3) is 0 Å². The first-order valence-corrected chi connectivity index (χ1v) is 11.1. The van der Waals surface area contributed by atoms with Crippen LogP contribution in [0.3, 0.4) is 0 Å². The topological polar surface area (TPSA) is 94.5 Å². The molecular formula is C23H38O7. The summed E-state index contributed by atoms with van der Waals surface area (Å²) in [5.74, 6) is -1.49. The maximum atomic E-state index is 11.9. The number of hydrogen-bond acceptors (Lipinski definition) is 6. The minimum Gasteiger partial charge on any atom is -0.503 e. The first-order valence-electron chi connectivity index (χ1n) is 11.1. The molecule has 30 heavy (non-hydrogen) atoms. The molecule has 0 heterocycles. The summed E-state index contributed by atoms with van der Waals surface area (Å²) in [4.78, 5) is 11.9. The van der Waals surface area contributed by atoms with Crippen LogP contribution in [-0.2, 0) is 0 Å². The number of aromatic carboxylic acids is 1. The number of hydrogen-bond donors (Lipinski definition) is 2. The van der Waals surface area contributed by atoms with Crippen LogP contribution in [0, 0.1) is 0 Å². The van der Waals surface area contributed by atoms with Crippen LogP contribution in [0.4, 0.5) is 0 Å². The molecule has 1 rings (SSSR count). The molecule has 0 radical (unpaired) electrons. The number of methoxy groups -OCH3 is 1. The van der Waals surface area contributed by atoms with E-state index in [0.717, 1.165) is 57.8 Å². The molecule has 0 aliphatic heterocycles. The molecule has 0 aliphatic rings. The summed E-state index contributed by atoms with van der Waals surface area (Å²) in [7, 11) is 1.36. The second-order valence-electron chi connectivity index (χ2n) is 7.22. The highest BCUT2D eigenvalue weighted by Crippen LogP contribution is 2.53. The van der Waals surface area contributed by atoms with E-state index >= 15 is 0 Å². The van der Waals surface area contributed by atoms with Gasteiger partial charge in [-0.2, -0.15) is 0 Å². The van der Waals surface area contributed by atoms with Crippen molar-refractivity contribution in [3.05, 3.63) is 5.56 Å². The summed E-state index contributed by atoms with van der Waals surface area (Å²) >= 11 is 0. The molecule has 0 aromatic heterocycles. The van der Waals surface area contributed by atoms with Gasteiger partial charge in [0, 0.05) is 0 Å². The third-order valence-electron chi connectivity index (χ3n) is 4.70. The summed E-state index contributed by atoms with van der Waals surface area (Å²) in [6, 6.07) is 0. The maximum Gasteiger partial charge on any atom is 0.343 e. The molecule has 0 spiro atoms. The molecule has 0 atom stereocenters. The van der Waals surface area contributed by atoms with Gasteiger partial charge in [0.15, 0.2) is 17.1 Å². The normalized spacial score (nSPS) is 10.7. The molecule has 2 N–H and O–H groups in total. The lowest BCUT2D eigenvalue weighted by Crippen LogP contribution is -2.12. The van der Waals surface area contributed by atoms with Crippen molar-refractivity contribution < 1.29 is 34.0 Å². The Kier molecular flexibility index (Phi) is 12.6. The van der Waals surface area contributed by atoms with Crippen LogP contribution in [0.5, 0.6) is 28.7 Å². The van der Waals surface area contributed by atoms with Crippen LogP contribution in [0.25, 0.3) is 0 Å². The number of phenols is 1. The number of benzene rings is 1. The highest BCUT2D eigenvalue weighted by Gasteiger charge is 2.32. The summed E-state index contributed by atoms with van der Waals surface area (Å²) in [6.07, 6.45) is 8.42. The van der Waals surface area contributed by atoms with Gasteiger partial charge < -0.3 is 29.2 Å². The average molecular weight is 427 g/mol. The van der Waals surface area contributed by atoms with Crippen molar-refractivity contribution in [3.63, 3.8) is 0 Å². The lowest BCUT2D eigenvalue weighted by molar-refractivity contribution is 0.0686. The van der Waals surface area contributed by atoms with Gasteiger partial charge in [0.05, 0.1) is 26.9 Å². The SMILES string of the molecule is CCCCCOc1c(OC)c(O)c(C(=O)O)c(OCCCCC)c1OCCCCC. The first-order chi connectivity index (χ1) is 14.5. The zero-order valence-electron chi connectivity index (χ0n) is 18.9. The Morgan fingerprint density at radius 2 is 1.10 bits per heavy atom. The van der Waals surface area contributed by atoms with E-state index in [4.69, 9.17) is 18.9 Å². The molecule has 172 valence electrons. The van der Waals surface area contributed by atoms with E-state index in [1.807, 2.05) is 0 Å². The van der Waals surface area contributed by atoms with Crippen molar-refractivity contribution in [1.82, 2.24) is 0 Å². The summed E-state index contributed by atoms with van der Waals surface area (Å²) in [5, 5.41) is 20.4. The Bertz CT molecular complexity index is 643. The van der Waals surface area contributed by atoms with E-state index in [2.05, 4.69) is 20.8 Å². The summed E-state index contributed by atoms with van der Waals surface area (Å²) in [5.41, 5.74) is -0.366. The molecule has 0 aliphatic carbocycles. The molecule has 1 aromatic carbocycles. The Morgan fingerprint density at radius 3 is 1.47 bits per heavy atom.